The van der Waals surface area contributed by atoms with Gasteiger partial charge in [0.2, 0.25) is 0 Å². The van der Waals surface area contributed by atoms with Gasteiger partial charge in [-0.3, -0.25) is 0 Å². The van der Waals surface area contributed by atoms with Gasteiger partial charge < -0.3 is 9.72 Å². The van der Waals surface area contributed by atoms with Crippen molar-refractivity contribution in [3.05, 3.63) is 36.0 Å². The van der Waals surface area contributed by atoms with Crippen molar-refractivity contribution >= 4 is 29.3 Å². The van der Waals surface area contributed by atoms with Crippen molar-refractivity contribution in [3.8, 4) is 0 Å². The number of aromatic nitrogens is 1. The molecule has 3 heterocycles. The van der Waals surface area contributed by atoms with Gasteiger partial charge in [-0.2, -0.15) is 5.12 Å². The van der Waals surface area contributed by atoms with E-state index in [0.717, 1.165) is 43.6 Å². The molecule has 1 aromatic heterocycles. The number of H-pyrrole nitrogens is 1. The quantitative estimate of drug-likeness (QED) is 0.738. The zero-order chi connectivity index (χ0) is 18.5. The molecule has 0 bridgehead atoms. The van der Waals surface area contributed by atoms with Gasteiger partial charge in [0.15, 0.2) is 0 Å². The molecule has 0 saturated carbocycles. The average molecular weight is 407 g/mol. The van der Waals surface area contributed by atoms with Crippen LogP contribution in [0.15, 0.2) is 30.3 Å². The van der Waals surface area contributed by atoms with Crippen LogP contribution >= 0.6 is 12.4 Å². The summed E-state index contributed by atoms with van der Waals surface area (Å²) < 4.78 is 5.60. The third kappa shape index (κ3) is 5.06. The van der Waals surface area contributed by atoms with Gasteiger partial charge in [0.25, 0.3) is 0 Å². The average Bonchev–Trinajstić information content (AvgIpc) is 3.17. The number of benzene rings is 1. The van der Waals surface area contributed by atoms with Gasteiger partial charge in [0.05, 0.1) is 6.54 Å². The number of hydrazine groups is 2. The van der Waals surface area contributed by atoms with E-state index in [9.17, 15) is 4.79 Å². The van der Waals surface area contributed by atoms with E-state index in [1.807, 2.05) is 30.3 Å². The van der Waals surface area contributed by atoms with Crippen molar-refractivity contribution < 1.29 is 9.53 Å². The number of piperidine rings is 2. The molecule has 0 aliphatic carbocycles. The molecular formula is C21H31ClN4O2. The Balaban J connectivity index is 0.00000225. The number of rotatable bonds is 6. The first-order chi connectivity index (χ1) is 13.3. The second-order valence-corrected chi connectivity index (χ2v) is 7.53. The topological polar surface area (TPSA) is 51.8 Å². The molecule has 0 unspecified atom stereocenters. The number of hydrogen-bond donors (Lipinski definition) is 1. The first kappa shape index (κ1) is 21.1. The zero-order valence-electron chi connectivity index (χ0n) is 16.4. The van der Waals surface area contributed by atoms with Crippen LogP contribution in [0.4, 0.5) is 0 Å². The monoisotopic (exact) mass is 406 g/mol. The Hall–Kier alpha value is -1.60. The lowest BCUT2D eigenvalue weighted by Crippen LogP contribution is -2.57. The maximum absolute atomic E-state index is 12.4. The predicted octanol–water partition coefficient (Wildman–Crippen LogP) is 3.85. The first-order valence-electron chi connectivity index (χ1n) is 10.3. The molecule has 0 radical (unpaired) electrons. The summed E-state index contributed by atoms with van der Waals surface area (Å²) in [5.74, 6) is -0.275. The smallest absolute Gasteiger partial charge is 0.354 e. The molecular weight excluding hydrogens is 376 g/mol. The SMILES string of the molecule is Cl.O=C(OCCN(N1CCCCC1)N1CCCCC1)c1cc2ccccc2[nH]1. The molecule has 0 amide bonds. The second kappa shape index (κ2) is 10.3. The third-order valence-electron chi connectivity index (χ3n) is 5.59. The van der Waals surface area contributed by atoms with Gasteiger partial charge in [-0.05, 0) is 37.8 Å². The third-order valence-corrected chi connectivity index (χ3v) is 5.59. The van der Waals surface area contributed by atoms with Crippen molar-refractivity contribution in [2.24, 2.45) is 0 Å². The number of nitrogens with one attached hydrogen (secondary N) is 1. The minimum absolute atomic E-state index is 0. The molecule has 2 aromatic rings. The Morgan fingerprint density at radius 2 is 1.57 bits per heavy atom. The molecule has 7 heteroatoms. The highest BCUT2D eigenvalue weighted by Gasteiger charge is 2.25. The van der Waals surface area contributed by atoms with Gasteiger partial charge in [0.1, 0.15) is 12.3 Å². The molecule has 1 aromatic carbocycles. The van der Waals surface area contributed by atoms with E-state index < -0.39 is 0 Å². The van der Waals surface area contributed by atoms with E-state index in [1.165, 1.54) is 38.5 Å². The fraction of sp³-hybridized carbons (Fsp3) is 0.571. The fourth-order valence-electron chi connectivity index (χ4n) is 4.16. The molecule has 2 aliphatic heterocycles. The van der Waals surface area contributed by atoms with Crippen LogP contribution < -0.4 is 0 Å². The standard InChI is InChI=1S/C21H30N4O2.ClH/c26-21(20-17-18-9-3-4-10-19(18)22-20)27-16-15-25(23-11-5-1-6-12-23)24-13-7-2-8-14-24;/h3-4,9-10,17,22H,1-2,5-8,11-16H2;1H. The highest BCUT2D eigenvalue weighted by Crippen LogP contribution is 2.18. The maximum atomic E-state index is 12.4. The number of fused-ring (bicyclic) bond motifs is 1. The van der Waals surface area contributed by atoms with Crippen molar-refractivity contribution in [2.75, 3.05) is 39.3 Å². The van der Waals surface area contributed by atoms with Crippen molar-refractivity contribution in [2.45, 2.75) is 38.5 Å². The van der Waals surface area contributed by atoms with Crippen LogP contribution in [-0.2, 0) is 4.74 Å². The first-order valence-corrected chi connectivity index (χ1v) is 10.3. The zero-order valence-corrected chi connectivity index (χ0v) is 17.3. The molecule has 1 N–H and O–H groups in total. The number of ether oxygens (including phenoxy) is 1. The Kier molecular flexibility index (Phi) is 7.73. The summed E-state index contributed by atoms with van der Waals surface area (Å²) in [5, 5.41) is 8.29. The molecule has 2 saturated heterocycles. The van der Waals surface area contributed by atoms with Crippen LogP contribution in [0.1, 0.15) is 49.0 Å². The Bertz CT molecular complexity index is 703. The van der Waals surface area contributed by atoms with Crippen LogP contribution in [0.2, 0.25) is 0 Å². The lowest BCUT2D eigenvalue weighted by molar-refractivity contribution is -0.201. The number of nitrogens with zero attached hydrogens (tertiary/aromatic N) is 3. The van der Waals surface area contributed by atoms with Crippen molar-refractivity contribution in [1.29, 1.82) is 0 Å². The van der Waals surface area contributed by atoms with Crippen LogP contribution in [0.25, 0.3) is 10.9 Å². The van der Waals surface area contributed by atoms with Crippen LogP contribution in [0.5, 0.6) is 0 Å². The molecule has 2 fully saturated rings. The Morgan fingerprint density at radius 1 is 0.964 bits per heavy atom. The van der Waals surface area contributed by atoms with Crippen molar-refractivity contribution in [1.82, 2.24) is 20.1 Å². The summed E-state index contributed by atoms with van der Waals surface area (Å²) in [6.07, 6.45) is 7.64. The minimum Gasteiger partial charge on any atom is -0.460 e. The summed E-state index contributed by atoms with van der Waals surface area (Å²) in [4.78, 5) is 15.6. The van der Waals surface area contributed by atoms with E-state index in [0.29, 0.717) is 12.3 Å². The lowest BCUT2D eigenvalue weighted by atomic mass is 10.1. The van der Waals surface area contributed by atoms with Crippen LogP contribution in [0, 0.1) is 0 Å². The van der Waals surface area contributed by atoms with Gasteiger partial charge in [-0.25, -0.2) is 14.8 Å². The second-order valence-electron chi connectivity index (χ2n) is 7.53. The Morgan fingerprint density at radius 3 is 2.18 bits per heavy atom. The molecule has 0 spiro atoms. The van der Waals surface area contributed by atoms with Gasteiger partial charge in [0, 0.05) is 37.1 Å². The number of hydrogen-bond acceptors (Lipinski definition) is 5. The molecule has 154 valence electrons. The summed E-state index contributed by atoms with van der Waals surface area (Å²) in [7, 11) is 0. The van der Waals surface area contributed by atoms with Crippen molar-refractivity contribution in [3.63, 3.8) is 0 Å². The summed E-state index contributed by atoms with van der Waals surface area (Å²) in [6.45, 7) is 5.55. The minimum atomic E-state index is -0.275. The highest BCUT2D eigenvalue weighted by atomic mass is 35.5. The Labute approximate surface area is 173 Å². The fourth-order valence-corrected chi connectivity index (χ4v) is 4.16. The normalized spacial score (nSPS) is 18.9. The lowest BCUT2D eigenvalue weighted by Gasteiger charge is -2.45. The molecule has 2 aliphatic rings. The summed E-state index contributed by atoms with van der Waals surface area (Å²) in [5.41, 5.74) is 1.49. The van der Waals surface area contributed by atoms with Crippen LogP contribution in [0.3, 0.4) is 0 Å². The number of aromatic amines is 1. The summed E-state index contributed by atoms with van der Waals surface area (Å²) >= 11 is 0. The van der Waals surface area contributed by atoms with Gasteiger partial charge >= 0.3 is 5.97 Å². The van der Waals surface area contributed by atoms with E-state index >= 15 is 0 Å². The van der Waals surface area contributed by atoms with Crippen LogP contribution in [-0.4, -0.2) is 65.4 Å². The summed E-state index contributed by atoms with van der Waals surface area (Å²) in [6, 6.07) is 9.77. The molecule has 0 atom stereocenters. The molecule has 6 nitrogen and oxygen atoms in total. The number of para-hydroxylation sites is 1. The highest BCUT2D eigenvalue weighted by molar-refractivity contribution is 5.94. The van der Waals surface area contributed by atoms with E-state index in [4.69, 9.17) is 4.74 Å². The number of halogens is 1. The number of carbonyl (C=O) groups excluding carboxylic acids is 1. The van der Waals surface area contributed by atoms with E-state index in [1.54, 1.807) is 0 Å². The maximum Gasteiger partial charge on any atom is 0.354 e. The largest absolute Gasteiger partial charge is 0.460 e. The van der Waals surface area contributed by atoms with Gasteiger partial charge in [-0.1, -0.05) is 31.0 Å². The number of esters is 1. The molecule has 28 heavy (non-hydrogen) atoms. The number of carbonyl (C=O) groups is 1. The van der Waals surface area contributed by atoms with E-state index in [2.05, 4.69) is 20.1 Å². The molecule has 4 rings (SSSR count). The van der Waals surface area contributed by atoms with E-state index in [-0.39, 0.29) is 18.4 Å². The predicted molar refractivity (Wildman–Crippen MR) is 113 cm³/mol. The van der Waals surface area contributed by atoms with Gasteiger partial charge in [-0.15, -0.1) is 12.4 Å².